The van der Waals surface area contributed by atoms with Gasteiger partial charge in [0.05, 0.1) is 17.8 Å². The highest BCUT2D eigenvalue weighted by molar-refractivity contribution is 5.87. The van der Waals surface area contributed by atoms with Gasteiger partial charge < -0.3 is 9.47 Å². The Balaban J connectivity index is 0.00000272. The van der Waals surface area contributed by atoms with Crippen LogP contribution in [0.2, 0.25) is 0 Å². The molecule has 0 aliphatic heterocycles. The van der Waals surface area contributed by atoms with Crippen LogP contribution in [0.4, 0.5) is 10.1 Å². The minimum absolute atomic E-state index is 0. The number of anilines is 1. The summed E-state index contributed by atoms with van der Waals surface area (Å²) < 4.78 is 15.7. The van der Waals surface area contributed by atoms with Crippen molar-refractivity contribution >= 4 is 29.0 Å². The van der Waals surface area contributed by atoms with Crippen molar-refractivity contribution in [2.24, 2.45) is 0 Å². The van der Waals surface area contributed by atoms with Crippen molar-refractivity contribution in [2.75, 3.05) is 11.9 Å². The molecule has 2 aromatic carbocycles. The molecule has 0 aliphatic rings. The maximum atomic E-state index is 13.3. The maximum Gasteiger partial charge on any atom is 0.123 e. The molecule has 0 aliphatic carbocycles. The van der Waals surface area contributed by atoms with E-state index in [1.165, 1.54) is 51.0 Å². The lowest BCUT2D eigenvalue weighted by Gasteiger charge is -2.20. The van der Waals surface area contributed by atoms with Gasteiger partial charge in [-0.05, 0) is 80.3 Å². The molecule has 0 amide bonds. The second kappa shape index (κ2) is 9.11. The van der Waals surface area contributed by atoms with Gasteiger partial charge >= 0.3 is 0 Å². The quantitative estimate of drug-likeness (QED) is 0.354. The van der Waals surface area contributed by atoms with Gasteiger partial charge in [-0.25, -0.2) is 4.39 Å². The maximum absolute atomic E-state index is 13.3. The average molecular weight is 438 g/mol. The van der Waals surface area contributed by atoms with E-state index in [1.54, 1.807) is 12.1 Å². The summed E-state index contributed by atoms with van der Waals surface area (Å²) >= 11 is 0. The van der Waals surface area contributed by atoms with E-state index in [-0.39, 0.29) is 18.2 Å². The zero-order chi connectivity index (χ0) is 21.4. The molecule has 0 atom stereocenters. The number of pyridine rings is 1. The van der Waals surface area contributed by atoms with E-state index in [9.17, 15) is 4.39 Å². The fraction of sp³-hybridized carbons (Fsp3) is 0.269. The van der Waals surface area contributed by atoms with Crippen molar-refractivity contribution in [1.82, 2.24) is 9.55 Å². The first-order chi connectivity index (χ1) is 14.3. The molecule has 0 unspecified atom stereocenters. The van der Waals surface area contributed by atoms with Crippen LogP contribution in [-0.4, -0.2) is 16.6 Å². The molecule has 0 bridgehead atoms. The highest BCUT2D eigenvalue weighted by atomic mass is 35.5. The molecule has 0 radical (unpaired) electrons. The first-order valence-corrected chi connectivity index (χ1v) is 10.3. The number of rotatable bonds is 5. The first kappa shape index (κ1) is 22.8. The van der Waals surface area contributed by atoms with Crippen molar-refractivity contribution in [2.45, 2.75) is 40.8 Å². The number of halogens is 2. The van der Waals surface area contributed by atoms with Crippen molar-refractivity contribution < 1.29 is 4.39 Å². The lowest BCUT2D eigenvalue weighted by Crippen LogP contribution is -2.18. The molecule has 0 fully saturated rings. The highest BCUT2D eigenvalue weighted by Crippen LogP contribution is 2.29. The second-order valence-electron chi connectivity index (χ2n) is 8.20. The van der Waals surface area contributed by atoms with Gasteiger partial charge in [-0.1, -0.05) is 18.2 Å². The van der Waals surface area contributed by atoms with Crippen LogP contribution < -0.4 is 4.90 Å². The molecule has 3 nitrogen and oxygen atoms in total. The Bertz CT molecular complexity index is 1210. The molecule has 5 heteroatoms. The molecule has 0 N–H and O–H groups in total. The second-order valence-corrected chi connectivity index (χ2v) is 8.20. The Kier molecular flexibility index (Phi) is 6.71. The van der Waals surface area contributed by atoms with Crippen LogP contribution in [0.5, 0.6) is 0 Å². The SMILES string of the molecule is Cc1ccc(Cn2c(C)c(C)c3ccnc(CN(C)c4ccc(F)cc4)c32)cc1C.Cl. The zero-order valence-corrected chi connectivity index (χ0v) is 19.6. The van der Waals surface area contributed by atoms with Crippen molar-refractivity contribution in [1.29, 1.82) is 0 Å². The molecule has 0 saturated heterocycles. The van der Waals surface area contributed by atoms with E-state index in [0.717, 1.165) is 17.9 Å². The summed E-state index contributed by atoms with van der Waals surface area (Å²) in [5.74, 6) is -0.221. The number of nitrogens with zero attached hydrogens (tertiary/aromatic N) is 3. The zero-order valence-electron chi connectivity index (χ0n) is 18.7. The third-order valence-electron chi connectivity index (χ3n) is 6.19. The van der Waals surface area contributed by atoms with Crippen LogP contribution in [0.15, 0.2) is 54.7 Å². The van der Waals surface area contributed by atoms with Gasteiger partial charge in [0, 0.05) is 36.6 Å². The molecule has 0 saturated carbocycles. The van der Waals surface area contributed by atoms with E-state index in [4.69, 9.17) is 4.98 Å². The number of benzene rings is 2. The van der Waals surface area contributed by atoms with Crippen LogP contribution in [0.1, 0.15) is 33.6 Å². The van der Waals surface area contributed by atoms with E-state index >= 15 is 0 Å². The van der Waals surface area contributed by atoms with E-state index in [1.807, 2.05) is 13.2 Å². The van der Waals surface area contributed by atoms with Gasteiger partial charge in [-0.2, -0.15) is 0 Å². The molecule has 162 valence electrons. The van der Waals surface area contributed by atoms with Gasteiger partial charge in [-0.15, -0.1) is 12.4 Å². The predicted octanol–water partition coefficient (Wildman–Crippen LogP) is 6.52. The molecule has 0 spiro atoms. The van der Waals surface area contributed by atoms with Gasteiger partial charge in [0.15, 0.2) is 0 Å². The number of aryl methyl sites for hydroxylation is 3. The van der Waals surface area contributed by atoms with Crippen LogP contribution in [-0.2, 0) is 13.1 Å². The standard InChI is InChI=1S/C26H28FN3.ClH/c1-17-6-7-21(14-18(17)2)15-30-20(4)19(3)24-12-13-28-25(26(24)30)16-29(5)23-10-8-22(27)9-11-23;/h6-14H,15-16H2,1-5H3;1H. The summed E-state index contributed by atoms with van der Waals surface area (Å²) in [6, 6.07) is 15.4. The van der Waals surface area contributed by atoms with E-state index in [2.05, 4.69) is 61.4 Å². The summed E-state index contributed by atoms with van der Waals surface area (Å²) in [5.41, 5.74) is 9.65. The summed E-state index contributed by atoms with van der Waals surface area (Å²) in [7, 11) is 2.02. The molecular formula is C26H29ClFN3. The minimum Gasteiger partial charge on any atom is -0.369 e. The number of hydrogen-bond acceptors (Lipinski definition) is 2. The summed E-state index contributed by atoms with van der Waals surface area (Å²) in [5, 5.41) is 1.24. The summed E-state index contributed by atoms with van der Waals surface area (Å²) in [6.45, 7) is 10.1. The third-order valence-corrected chi connectivity index (χ3v) is 6.19. The molecule has 2 aromatic heterocycles. The highest BCUT2D eigenvalue weighted by Gasteiger charge is 2.17. The van der Waals surface area contributed by atoms with Crippen LogP contribution in [0.25, 0.3) is 10.9 Å². The fourth-order valence-corrected chi connectivity index (χ4v) is 4.08. The van der Waals surface area contributed by atoms with Crippen LogP contribution in [0.3, 0.4) is 0 Å². The average Bonchev–Trinajstić information content (AvgIpc) is 2.97. The number of fused-ring (bicyclic) bond motifs is 1. The number of hydrogen-bond donors (Lipinski definition) is 0. The third kappa shape index (κ3) is 4.45. The number of aromatic nitrogens is 2. The molecule has 4 rings (SSSR count). The van der Waals surface area contributed by atoms with Crippen molar-refractivity contribution in [3.05, 3.63) is 94.2 Å². The Morgan fingerprint density at radius 1 is 0.935 bits per heavy atom. The predicted molar refractivity (Wildman–Crippen MR) is 130 cm³/mol. The topological polar surface area (TPSA) is 21.1 Å². The van der Waals surface area contributed by atoms with Gasteiger partial charge in [-0.3, -0.25) is 4.98 Å². The first-order valence-electron chi connectivity index (χ1n) is 10.3. The molecule has 4 aromatic rings. The van der Waals surface area contributed by atoms with E-state index in [0.29, 0.717) is 6.54 Å². The van der Waals surface area contributed by atoms with Crippen LogP contribution >= 0.6 is 12.4 Å². The summed E-state index contributed by atoms with van der Waals surface area (Å²) in [6.07, 6.45) is 1.89. The van der Waals surface area contributed by atoms with E-state index < -0.39 is 0 Å². The molecular weight excluding hydrogens is 409 g/mol. The Hall–Kier alpha value is -2.85. The summed E-state index contributed by atoms with van der Waals surface area (Å²) in [4.78, 5) is 6.85. The van der Waals surface area contributed by atoms with Crippen molar-refractivity contribution in [3.8, 4) is 0 Å². The largest absolute Gasteiger partial charge is 0.369 e. The van der Waals surface area contributed by atoms with Gasteiger partial charge in [0.1, 0.15) is 5.82 Å². The Morgan fingerprint density at radius 3 is 2.32 bits per heavy atom. The monoisotopic (exact) mass is 437 g/mol. The van der Waals surface area contributed by atoms with Crippen molar-refractivity contribution in [3.63, 3.8) is 0 Å². The Morgan fingerprint density at radius 2 is 1.65 bits per heavy atom. The van der Waals surface area contributed by atoms with Gasteiger partial charge in [0.25, 0.3) is 0 Å². The smallest absolute Gasteiger partial charge is 0.123 e. The minimum atomic E-state index is -0.221. The molecule has 2 heterocycles. The molecule has 31 heavy (non-hydrogen) atoms. The Labute approximate surface area is 189 Å². The van der Waals surface area contributed by atoms with Gasteiger partial charge in [0.2, 0.25) is 0 Å². The fourth-order valence-electron chi connectivity index (χ4n) is 4.08. The lowest BCUT2D eigenvalue weighted by molar-refractivity contribution is 0.627. The normalized spacial score (nSPS) is 10.9. The lowest BCUT2D eigenvalue weighted by atomic mass is 10.1. The van der Waals surface area contributed by atoms with Crippen LogP contribution in [0, 0.1) is 33.5 Å².